The molecule has 2 aromatic rings. The van der Waals surface area contributed by atoms with Crippen molar-refractivity contribution >= 4 is 27.6 Å². The highest BCUT2D eigenvalue weighted by molar-refractivity contribution is 9.10. The number of carbonyl (C=O) groups is 1. The van der Waals surface area contributed by atoms with Crippen molar-refractivity contribution in [1.82, 2.24) is 4.68 Å². The predicted octanol–water partition coefficient (Wildman–Crippen LogP) is 2.55. The maximum atomic E-state index is 13.7. The molecule has 0 saturated carbocycles. The highest BCUT2D eigenvalue weighted by atomic mass is 79.9. The van der Waals surface area contributed by atoms with Gasteiger partial charge in [0.2, 0.25) is 0 Å². The summed E-state index contributed by atoms with van der Waals surface area (Å²) in [5.41, 5.74) is 1.10. The number of carbonyl (C=O) groups excluding carboxylic acids is 1. The molecule has 0 bridgehead atoms. The van der Waals surface area contributed by atoms with Gasteiger partial charge in [0.05, 0.1) is 18.4 Å². The van der Waals surface area contributed by atoms with Crippen LogP contribution in [0, 0.1) is 11.6 Å². The second-order valence-electron chi connectivity index (χ2n) is 3.98. The van der Waals surface area contributed by atoms with Gasteiger partial charge in [0, 0.05) is 10.7 Å². The van der Waals surface area contributed by atoms with E-state index in [1.807, 2.05) is 0 Å². The van der Waals surface area contributed by atoms with Crippen LogP contribution in [0.5, 0.6) is 0 Å². The van der Waals surface area contributed by atoms with Crippen LogP contribution in [0.25, 0.3) is 0 Å². The molecule has 1 aromatic heterocycles. The lowest BCUT2D eigenvalue weighted by atomic mass is 10.3. The number of rotatable bonds is 3. The van der Waals surface area contributed by atoms with Crippen LogP contribution in [0.15, 0.2) is 39.7 Å². The zero-order valence-electron chi connectivity index (χ0n) is 10.7. The molecule has 110 valence electrons. The zero-order valence-corrected chi connectivity index (χ0v) is 12.3. The van der Waals surface area contributed by atoms with Crippen molar-refractivity contribution in [3.05, 3.63) is 62.5 Å². The number of methoxy groups -OCH3 is 1. The van der Waals surface area contributed by atoms with Gasteiger partial charge in [-0.1, -0.05) is 15.9 Å². The summed E-state index contributed by atoms with van der Waals surface area (Å²) < 4.78 is 32.8. The molecule has 21 heavy (non-hydrogen) atoms. The van der Waals surface area contributed by atoms with Gasteiger partial charge in [-0.25, -0.2) is 18.3 Å². The van der Waals surface area contributed by atoms with Crippen molar-refractivity contribution in [2.75, 3.05) is 12.5 Å². The number of anilines is 1. The molecule has 0 spiro atoms. The average Bonchev–Trinajstić information content (AvgIpc) is 2.45. The van der Waals surface area contributed by atoms with Crippen LogP contribution in [0.2, 0.25) is 0 Å². The van der Waals surface area contributed by atoms with Crippen LogP contribution in [0.4, 0.5) is 14.5 Å². The minimum absolute atomic E-state index is 0.0540. The maximum Gasteiger partial charge on any atom is 0.339 e. The van der Waals surface area contributed by atoms with E-state index in [-0.39, 0.29) is 11.3 Å². The number of hydrogen-bond acceptors (Lipinski definition) is 4. The summed E-state index contributed by atoms with van der Waals surface area (Å²) in [6, 6.07) is 4.82. The normalized spacial score (nSPS) is 10.3. The van der Waals surface area contributed by atoms with Gasteiger partial charge in [0.15, 0.2) is 5.82 Å². The van der Waals surface area contributed by atoms with Crippen molar-refractivity contribution in [1.29, 1.82) is 0 Å². The largest absolute Gasteiger partial charge is 0.465 e. The van der Waals surface area contributed by atoms with Gasteiger partial charge in [0.1, 0.15) is 5.82 Å². The first-order valence-corrected chi connectivity index (χ1v) is 6.44. The number of nitrogens with zero attached hydrogens (tertiary/aromatic N) is 1. The summed E-state index contributed by atoms with van der Waals surface area (Å²) in [7, 11) is 1.12. The van der Waals surface area contributed by atoms with E-state index in [0.717, 1.165) is 19.4 Å². The molecule has 0 amide bonds. The predicted molar refractivity (Wildman–Crippen MR) is 75.1 cm³/mol. The van der Waals surface area contributed by atoms with E-state index in [1.54, 1.807) is 0 Å². The third-order valence-electron chi connectivity index (χ3n) is 2.57. The summed E-state index contributed by atoms with van der Waals surface area (Å²) in [6.45, 7) is 0. The monoisotopic (exact) mass is 358 g/mol. The zero-order chi connectivity index (χ0) is 15.6. The number of esters is 1. The summed E-state index contributed by atoms with van der Waals surface area (Å²) >= 11 is 3.09. The number of benzene rings is 1. The summed E-state index contributed by atoms with van der Waals surface area (Å²) in [5.74, 6) is -2.64. The van der Waals surface area contributed by atoms with Gasteiger partial charge in [-0.2, -0.15) is 0 Å². The fourth-order valence-electron chi connectivity index (χ4n) is 1.57. The second-order valence-corrected chi connectivity index (χ2v) is 4.90. The van der Waals surface area contributed by atoms with E-state index >= 15 is 0 Å². The Labute approximate surface area is 126 Å². The van der Waals surface area contributed by atoms with E-state index in [2.05, 4.69) is 26.1 Å². The Morgan fingerprint density at radius 3 is 2.62 bits per heavy atom. The number of hydrogen-bond donors (Lipinski definition) is 1. The molecule has 1 heterocycles. The van der Waals surface area contributed by atoms with Gasteiger partial charge < -0.3 is 4.74 Å². The molecule has 0 aliphatic carbocycles. The minimum atomic E-state index is -1.16. The van der Waals surface area contributed by atoms with Crippen molar-refractivity contribution < 1.29 is 18.3 Å². The topological polar surface area (TPSA) is 60.3 Å². The van der Waals surface area contributed by atoms with Crippen LogP contribution in [0.1, 0.15) is 10.4 Å². The third-order valence-corrected chi connectivity index (χ3v) is 3.06. The minimum Gasteiger partial charge on any atom is -0.465 e. The van der Waals surface area contributed by atoms with Crippen LogP contribution < -0.4 is 11.0 Å². The van der Waals surface area contributed by atoms with E-state index in [4.69, 9.17) is 0 Å². The second kappa shape index (κ2) is 6.04. The number of aromatic nitrogens is 1. The van der Waals surface area contributed by atoms with Gasteiger partial charge in [-0.05, 0) is 24.3 Å². The van der Waals surface area contributed by atoms with Crippen LogP contribution in [-0.4, -0.2) is 17.8 Å². The van der Waals surface area contributed by atoms with Crippen molar-refractivity contribution in [2.24, 2.45) is 0 Å². The molecule has 1 N–H and O–H groups in total. The molecule has 2 rings (SSSR count). The van der Waals surface area contributed by atoms with Gasteiger partial charge in [-0.3, -0.25) is 10.2 Å². The molecule has 0 radical (unpaired) electrons. The first-order chi connectivity index (χ1) is 9.92. The summed E-state index contributed by atoms with van der Waals surface area (Å²) in [6.07, 6.45) is 1.03. The van der Waals surface area contributed by atoms with Crippen molar-refractivity contribution in [3.8, 4) is 0 Å². The van der Waals surface area contributed by atoms with E-state index < -0.39 is 23.2 Å². The Hall–Kier alpha value is -2.22. The van der Waals surface area contributed by atoms with Gasteiger partial charge in [0.25, 0.3) is 0 Å². The molecule has 5 nitrogen and oxygen atoms in total. The molecule has 0 fully saturated rings. The van der Waals surface area contributed by atoms with E-state index in [0.29, 0.717) is 9.15 Å². The molecule has 1 aromatic carbocycles. The number of halogens is 3. The first kappa shape index (κ1) is 15.2. The number of ether oxygens (including phenoxy) is 1. The van der Waals surface area contributed by atoms with Crippen LogP contribution in [0.3, 0.4) is 0 Å². The highest BCUT2D eigenvalue weighted by Gasteiger charge is 2.13. The first-order valence-electron chi connectivity index (χ1n) is 5.65. The van der Waals surface area contributed by atoms with Gasteiger partial charge >= 0.3 is 11.5 Å². The fraction of sp³-hybridized carbons (Fsp3) is 0.0769. The third kappa shape index (κ3) is 3.27. The molecule has 8 heteroatoms. The van der Waals surface area contributed by atoms with Crippen molar-refractivity contribution in [2.45, 2.75) is 0 Å². The Morgan fingerprint density at radius 2 is 2.00 bits per heavy atom. The number of pyridine rings is 1. The SMILES string of the molecule is COC(=O)c1cc(F)c(=O)n(Nc2ccc(Br)cc2F)c1. The Bertz CT molecular complexity index is 762. The summed E-state index contributed by atoms with van der Waals surface area (Å²) in [4.78, 5) is 23.0. The molecule has 0 aliphatic rings. The van der Waals surface area contributed by atoms with E-state index in [9.17, 15) is 18.4 Å². The fourth-order valence-corrected chi connectivity index (χ4v) is 1.90. The smallest absolute Gasteiger partial charge is 0.339 e. The standard InChI is InChI=1S/C13H9BrF2N2O3/c1-21-13(20)7-4-10(16)12(19)18(6-7)17-11-3-2-8(14)5-9(11)15/h2-6,17H,1H3. The van der Waals surface area contributed by atoms with Gasteiger partial charge in [-0.15, -0.1) is 0 Å². The molecule has 0 atom stereocenters. The quantitative estimate of drug-likeness (QED) is 0.856. The summed E-state index contributed by atoms with van der Waals surface area (Å²) in [5, 5.41) is 0. The Balaban J connectivity index is 2.46. The molecule has 0 unspecified atom stereocenters. The molecular weight excluding hydrogens is 350 g/mol. The Morgan fingerprint density at radius 1 is 1.29 bits per heavy atom. The maximum absolute atomic E-state index is 13.7. The highest BCUT2D eigenvalue weighted by Crippen LogP contribution is 2.19. The van der Waals surface area contributed by atoms with Crippen LogP contribution in [-0.2, 0) is 4.74 Å². The lowest BCUT2D eigenvalue weighted by molar-refractivity contribution is 0.0599. The lowest BCUT2D eigenvalue weighted by Gasteiger charge is -2.11. The molecule has 0 aliphatic heterocycles. The van der Waals surface area contributed by atoms with Crippen LogP contribution >= 0.6 is 15.9 Å². The van der Waals surface area contributed by atoms with E-state index in [1.165, 1.54) is 18.2 Å². The molecule has 0 saturated heterocycles. The lowest BCUT2D eigenvalue weighted by Crippen LogP contribution is -2.29. The number of nitrogens with one attached hydrogen (secondary N) is 1. The molecular formula is C13H9BrF2N2O3. The van der Waals surface area contributed by atoms with Crippen molar-refractivity contribution in [3.63, 3.8) is 0 Å². The average molecular weight is 359 g/mol. The Kier molecular flexibility index (Phi) is 4.37.